The van der Waals surface area contributed by atoms with Gasteiger partial charge in [0.05, 0.1) is 18.6 Å². The third-order valence-electron chi connectivity index (χ3n) is 5.86. The van der Waals surface area contributed by atoms with Gasteiger partial charge in [-0.2, -0.15) is 0 Å². The second kappa shape index (κ2) is 5.91. The number of carbonyl (C=O) groups is 1. The Morgan fingerprint density at radius 3 is 2.48 bits per heavy atom. The smallest absolute Gasteiger partial charge is 0.233 e. The minimum absolute atomic E-state index is 0.221. The lowest BCUT2D eigenvalue weighted by Crippen LogP contribution is -2.47. The van der Waals surface area contributed by atoms with Gasteiger partial charge in [-0.15, -0.1) is 0 Å². The van der Waals surface area contributed by atoms with Crippen LogP contribution in [0.4, 0.5) is 0 Å². The van der Waals surface area contributed by atoms with Crippen LogP contribution in [0, 0.1) is 5.92 Å². The molecule has 1 aromatic rings. The third kappa shape index (κ3) is 2.68. The largest absolute Gasteiger partial charge is 0.379 e. The highest BCUT2D eigenvalue weighted by Crippen LogP contribution is 2.50. The molecule has 0 spiro atoms. The quantitative estimate of drug-likeness (QED) is 0.854. The molecular weight excluding hydrogens is 288 g/mol. The Labute approximate surface area is 138 Å². The van der Waals surface area contributed by atoms with Gasteiger partial charge in [-0.3, -0.25) is 9.69 Å². The molecule has 2 atom stereocenters. The van der Waals surface area contributed by atoms with E-state index in [4.69, 9.17) is 4.74 Å². The molecule has 4 nitrogen and oxygen atoms in total. The zero-order chi connectivity index (χ0) is 15.9. The van der Waals surface area contributed by atoms with Crippen LogP contribution in [0.3, 0.4) is 0 Å². The van der Waals surface area contributed by atoms with E-state index in [-0.39, 0.29) is 5.41 Å². The molecule has 124 valence electrons. The van der Waals surface area contributed by atoms with Gasteiger partial charge in [0.25, 0.3) is 0 Å². The number of carbonyl (C=O) groups excluding carboxylic acids is 1. The fourth-order valence-electron chi connectivity index (χ4n) is 4.31. The summed E-state index contributed by atoms with van der Waals surface area (Å²) >= 11 is 0. The normalized spacial score (nSPS) is 30.4. The van der Waals surface area contributed by atoms with Crippen molar-refractivity contribution in [3.05, 3.63) is 35.9 Å². The molecule has 0 unspecified atom stereocenters. The molecule has 23 heavy (non-hydrogen) atoms. The Balaban J connectivity index is 1.48. The van der Waals surface area contributed by atoms with E-state index in [1.54, 1.807) is 0 Å². The first kappa shape index (κ1) is 15.2. The first-order valence-corrected chi connectivity index (χ1v) is 8.87. The summed E-state index contributed by atoms with van der Waals surface area (Å²) in [5, 5.41) is 0. The lowest BCUT2D eigenvalue weighted by Gasteiger charge is -2.34. The fraction of sp³-hybridized carbons (Fsp3) is 0.632. The molecule has 4 rings (SSSR count). The van der Waals surface area contributed by atoms with Crippen molar-refractivity contribution < 1.29 is 9.53 Å². The highest BCUT2D eigenvalue weighted by Gasteiger charge is 2.54. The van der Waals surface area contributed by atoms with Crippen molar-refractivity contribution in [3.8, 4) is 0 Å². The highest BCUT2D eigenvalue weighted by molar-refractivity contribution is 5.91. The van der Waals surface area contributed by atoms with Gasteiger partial charge in [-0.25, -0.2) is 0 Å². The molecule has 1 aromatic carbocycles. The van der Waals surface area contributed by atoms with Crippen LogP contribution in [-0.2, 0) is 14.9 Å². The summed E-state index contributed by atoms with van der Waals surface area (Å²) in [5.41, 5.74) is 0.980. The molecule has 0 aromatic heterocycles. The number of likely N-dealkylation sites (tertiary alicyclic amines) is 1. The van der Waals surface area contributed by atoms with E-state index in [1.807, 2.05) is 18.2 Å². The van der Waals surface area contributed by atoms with E-state index in [2.05, 4.69) is 28.9 Å². The van der Waals surface area contributed by atoms with E-state index in [0.717, 1.165) is 52.2 Å². The molecule has 2 heterocycles. The molecule has 1 saturated carbocycles. The van der Waals surface area contributed by atoms with Crippen molar-refractivity contribution in [1.29, 1.82) is 0 Å². The summed E-state index contributed by atoms with van der Waals surface area (Å²) in [6.07, 6.45) is 2.01. The van der Waals surface area contributed by atoms with Gasteiger partial charge >= 0.3 is 0 Å². The summed E-state index contributed by atoms with van der Waals surface area (Å²) in [4.78, 5) is 17.8. The zero-order valence-electron chi connectivity index (χ0n) is 13.9. The lowest BCUT2D eigenvalue weighted by atomic mass is 9.94. The van der Waals surface area contributed by atoms with Crippen LogP contribution in [0.15, 0.2) is 30.3 Å². The van der Waals surface area contributed by atoms with Crippen molar-refractivity contribution in [2.75, 3.05) is 39.4 Å². The molecule has 1 amide bonds. The molecule has 3 fully saturated rings. The standard InChI is InChI=1S/C19H26N2O2/c1-15-13-21(14-17(15)20-9-11-23-12-10-20)18(22)19(7-8-19)16-5-3-2-4-6-16/h2-6,15,17H,7-14H2,1H3/t15-,17+/m0/s1. The summed E-state index contributed by atoms with van der Waals surface area (Å²) in [6.45, 7) is 7.72. The van der Waals surface area contributed by atoms with Gasteiger partial charge in [0.15, 0.2) is 0 Å². The van der Waals surface area contributed by atoms with Crippen molar-refractivity contribution in [3.63, 3.8) is 0 Å². The van der Waals surface area contributed by atoms with Crippen LogP contribution in [0.1, 0.15) is 25.3 Å². The van der Waals surface area contributed by atoms with Crippen LogP contribution < -0.4 is 0 Å². The van der Waals surface area contributed by atoms with Crippen molar-refractivity contribution in [1.82, 2.24) is 9.80 Å². The van der Waals surface area contributed by atoms with E-state index >= 15 is 0 Å². The lowest BCUT2D eigenvalue weighted by molar-refractivity contribution is -0.133. The number of hydrogen-bond donors (Lipinski definition) is 0. The molecule has 0 radical (unpaired) electrons. The number of rotatable bonds is 3. The Morgan fingerprint density at radius 2 is 1.83 bits per heavy atom. The zero-order valence-corrected chi connectivity index (χ0v) is 13.9. The van der Waals surface area contributed by atoms with E-state index in [0.29, 0.717) is 17.9 Å². The maximum absolute atomic E-state index is 13.2. The van der Waals surface area contributed by atoms with Crippen molar-refractivity contribution >= 4 is 5.91 Å². The molecule has 4 heteroatoms. The van der Waals surface area contributed by atoms with Gasteiger partial charge in [0.1, 0.15) is 0 Å². The number of benzene rings is 1. The van der Waals surface area contributed by atoms with Gasteiger partial charge < -0.3 is 9.64 Å². The molecule has 2 aliphatic heterocycles. The average Bonchev–Trinajstić information content (AvgIpc) is 3.33. The second-order valence-corrected chi connectivity index (χ2v) is 7.35. The number of nitrogens with zero attached hydrogens (tertiary/aromatic N) is 2. The molecule has 1 aliphatic carbocycles. The highest BCUT2D eigenvalue weighted by atomic mass is 16.5. The maximum Gasteiger partial charge on any atom is 0.233 e. The Hall–Kier alpha value is -1.39. The van der Waals surface area contributed by atoms with Crippen molar-refractivity contribution in [2.45, 2.75) is 31.2 Å². The topological polar surface area (TPSA) is 32.8 Å². The van der Waals surface area contributed by atoms with Gasteiger partial charge in [0, 0.05) is 32.2 Å². The number of ether oxygens (including phenoxy) is 1. The minimum atomic E-state index is -0.221. The molecular formula is C19H26N2O2. The SMILES string of the molecule is C[C@H]1CN(C(=O)C2(c3ccccc3)CC2)C[C@H]1N1CCOCC1. The van der Waals surface area contributed by atoms with Gasteiger partial charge in [0.2, 0.25) is 5.91 Å². The number of amides is 1. The Morgan fingerprint density at radius 1 is 1.13 bits per heavy atom. The van der Waals surface area contributed by atoms with Crippen LogP contribution in [0.5, 0.6) is 0 Å². The van der Waals surface area contributed by atoms with Gasteiger partial charge in [-0.05, 0) is 24.3 Å². The average molecular weight is 314 g/mol. The molecule has 0 N–H and O–H groups in total. The Kier molecular flexibility index (Phi) is 3.90. The Bertz CT molecular complexity index is 564. The predicted molar refractivity (Wildman–Crippen MR) is 89.3 cm³/mol. The molecule has 0 bridgehead atoms. The minimum Gasteiger partial charge on any atom is -0.379 e. The number of morpholine rings is 1. The van der Waals surface area contributed by atoms with Crippen LogP contribution >= 0.6 is 0 Å². The predicted octanol–water partition coefficient (Wildman–Crippen LogP) is 1.90. The molecule has 3 aliphatic rings. The van der Waals surface area contributed by atoms with Crippen molar-refractivity contribution in [2.24, 2.45) is 5.92 Å². The fourth-order valence-corrected chi connectivity index (χ4v) is 4.31. The van der Waals surface area contributed by atoms with E-state index in [1.165, 1.54) is 5.56 Å². The second-order valence-electron chi connectivity index (χ2n) is 7.35. The first-order valence-electron chi connectivity index (χ1n) is 8.87. The summed E-state index contributed by atoms with van der Waals surface area (Å²) in [6, 6.07) is 10.8. The summed E-state index contributed by atoms with van der Waals surface area (Å²) in [7, 11) is 0. The third-order valence-corrected chi connectivity index (χ3v) is 5.86. The number of hydrogen-bond acceptors (Lipinski definition) is 3. The van der Waals surface area contributed by atoms with Crippen LogP contribution in [0.25, 0.3) is 0 Å². The summed E-state index contributed by atoms with van der Waals surface area (Å²) in [5.74, 6) is 0.898. The molecule has 2 saturated heterocycles. The maximum atomic E-state index is 13.2. The van der Waals surface area contributed by atoms with Gasteiger partial charge in [-0.1, -0.05) is 37.3 Å². The van der Waals surface area contributed by atoms with Crippen LogP contribution in [-0.4, -0.2) is 61.1 Å². The first-order chi connectivity index (χ1) is 11.2. The summed E-state index contributed by atoms with van der Waals surface area (Å²) < 4.78 is 5.47. The van der Waals surface area contributed by atoms with E-state index in [9.17, 15) is 4.79 Å². The van der Waals surface area contributed by atoms with E-state index < -0.39 is 0 Å². The van der Waals surface area contributed by atoms with Crippen LogP contribution in [0.2, 0.25) is 0 Å². The monoisotopic (exact) mass is 314 g/mol.